The number of hydrogen-bond donors (Lipinski definition) is 1. The Hall–Kier alpha value is -0.243. The van der Waals surface area contributed by atoms with E-state index in [-0.39, 0.29) is 0 Å². The van der Waals surface area contributed by atoms with Gasteiger partial charge in [0.25, 0.3) is 0 Å². The van der Waals surface area contributed by atoms with E-state index in [9.17, 15) is 0 Å². The Balaban J connectivity index is 3.62. The highest BCUT2D eigenvalue weighted by Gasteiger charge is 1.84. The minimum absolute atomic E-state index is 1.05. The molecule has 0 atom stereocenters. The van der Waals surface area contributed by atoms with Crippen molar-refractivity contribution in [3.05, 3.63) is 10.9 Å². The van der Waals surface area contributed by atoms with Crippen molar-refractivity contribution in [3.8, 4) is 0 Å². The topological polar surface area (TPSA) is 12.0 Å². The molecule has 0 fully saturated rings. The molecule has 0 saturated carbocycles. The Morgan fingerprint density at radius 3 is 2.12 bits per heavy atom. The molecule has 0 aromatic rings. The molecule has 0 unspecified atom stereocenters. The Morgan fingerprint density at radius 2 is 2.00 bits per heavy atom. The van der Waals surface area contributed by atoms with Gasteiger partial charge in [-0.15, -0.1) is 0 Å². The summed E-state index contributed by atoms with van der Waals surface area (Å²) in [6.45, 7) is 7.47. The third-order valence-corrected chi connectivity index (χ3v) is 1.94. The molecule has 0 aliphatic rings. The number of hydrogen-bond acceptors (Lipinski definition) is 1. The molecule has 1 N–H and O–H groups in total. The molecule has 0 aliphatic heterocycles. The molecule has 0 rings (SSSR count). The normalized spacial score (nSPS) is 13.4. The Bertz CT molecular complexity index is 92.7. The van der Waals surface area contributed by atoms with Gasteiger partial charge in [0.1, 0.15) is 0 Å². The third kappa shape index (κ3) is 2.85. The van der Waals surface area contributed by atoms with Gasteiger partial charge in [0.05, 0.1) is 0 Å². The first-order valence-corrected chi connectivity index (χ1v) is 4.06. The van der Waals surface area contributed by atoms with E-state index >= 15 is 0 Å². The maximum absolute atomic E-state index is 3.26. The molecule has 2 heteroatoms. The van der Waals surface area contributed by atoms with Crippen molar-refractivity contribution < 1.29 is 0 Å². The summed E-state index contributed by atoms with van der Waals surface area (Å²) in [4.78, 5) is 0. The van der Waals surface area contributed by atoms with E-state index < -0.39 is 0 Å². The smallest absolute Gasteiger partial charge is 0.0351 e. The lowest BCUT2D eigenvalue weighted by atomic mass is 10.4. The van der Waals surface area contributed by atoms with Crippen LogP contribution in [0.4, 0.5) is 0 Å². The molecular weight excluding hydrogens is 114 g/mol. The van der Waals surface area contributed by atoms with Crippen LogP contribution < -0.4 is 5.32 Å². The molecule has 0 aromatic heterocycles. The van der Waals surface area contributed by atoms with Gasteiger partial charge in [-0.25, -0.2) is 0 Å². The highest BCUT2D eigenvalue weighted by Crippen LogP contribution is 1.91. The van der Waals surface area contributed by atoms with Gasteiger partial charge >= 0.3 is 0 Å². The zero-order valence-corrected chi connectivity index (χ0v) is 8.21. The van der Waals surface area contributed by atoms with Crippen molar-refractivity contribution in [2.75, 3.05) is 6.54 Å². The van der Waals surface area contributed by atoms with E-state index in [4.69, 9.17) is 0 Å². The quantitative estimate of drug-likeness (QED) is 0.526. The van der Waals surface area contributed by atoms with Crippen LogP contribution in [0, 0.1) is 0 Å². The number of rotatable bonds is 2. The van der Waals surface area contributed by atoms with Crippen LogP contribution in [-0.4, -0.2) is 16.8 Å². The summed E-state index contributed by atoms with van der Waals surface area (Å²) in [7, 11) is 1.18. The molecule has 0 radical (unpaired) electrons. The molecule has 0 bridgehead atoms. The second-order valence-corrected chi connectivity index (χ2v) is 3.66. The molecule has 0 aliphatic carbocycles. The van der Waals surface area contributed by atoms with Crippen LogP contribution in [0.1, 0.15) is 20.8 Å². The lowest BCUT2D eigenvalue weighted by Crippen LogP contribution is -2.10. The molecule has 0 heterocycles. The summed E-state index contributed by atoms with van der Waals surface area (Å²) < 4.78 is 0. The van der Waals surface area contributed by atoms with Crippen molar-refractivity contribution in [3.63, 3.8) is 0 Å². The fourth-order valence-electron chi connectivity index (χ4n) is 0.442. The van der Waals surface area contributed by atoms with Crippen molar-refractivity contribution in [1.29, 1.82) is 0 Å². The van der Waals surface area contributed by atoms with Gasteiger partial charge in [-0.05, 0) is 20.8 Å². The maximum atomic E-state index is 3.26. The second kappa shape index (κ2) is 3.72. The van der Waals surface area contributed by atoms with Crippen molar-refractivity contribution in [1.82, 2.24) is 5.32 Å². The Morgan fingerprint density at radius 1 is 1.50 bits per heavy atom. The maximum Gasteiger partial charge on any atom is 0.0351 e. The van der Waals surface area contributed by atoms with E-state index in [0.717, 1.165) is 6.54 Å². The number of allylic oxidation sites excluding steroid dienone is 2. The minimum Gasteiger partial charge on any atom is -0.389 e. The summed E-state index contributed by atoms with van der Waals surface area (Å²) in [6, 6.07) is 0. The zero-order chi connectivity index (χ0) is 6.57. The van der Waals surface area contributed by atoms with Crippen LogP contribution in [0.3, 0.4) is 0 Å². The molecule has 8 heavy (non-hydrogen) atoms. The van der Waals surface area contributed by atoms with Gasteiger partial charge in [0.15, 0.2) is 0 Å². The van der Waals surface area contributed by atoms with Gasteiger partial charge in [0.2, 0.25) is 0 Å². The first-order chi connectivity index (χ1) is 3.68. The van der Waals surface area contributed by atoms with Crippen LogP contribution in [0.15, 0.2) is 10.9 Å². The fourth-order valence-corrected chi connectivity index (χ4v) is 0.619. The first kappa shape index (κ1) is 7.76. The van der Waals surface area contributed by atoms with E-state index in [1.807, 2.05) is 0 Å². The second-order valence-electron chi connectivity index (χ2n) is 2.16. The van der Waals surface area contributed by atoms with Gasteiger partial charge in [-0.2, -0.15) is 0 Å². The highest BCUT2D eigenvalue weighted by atomic mass is 28.1. The van der Waals surface area contributed by atoms with Gasteiger partial charge in [0, 0.05) is 22.5 Å². The predicted molar refractivity (Wildman–Crippen MR) is 42.0 cm³/mol. The molecular formula is C6H15NSi. The van der Waals surface area contributed by atoms with Crippen LogP contribution in [-0.2, 0) is 0 Å². The monoisotopic (exact) mass is 129 g/mol. The SMILES string of the molecule is CCNC(C)=C(C)[SiH3]. The summed E-state index contributed by atoms with van der Waals surface area (Å²) in [5, 5.41) is 4.77. The van der Waals surface area contributed by atoms with Crippen LogP contribution in [0.5, 0.6) is 0 Å². The lowest BCUT2D eigenvalue weighted by molar-refractivity contribution is 0.848. The average molecular weight is 129 g/mol. The van der Waals surface area contributed by atoms with E-state index in [1.165, 1.54) is 21.1 Å². The van der Waals surface area contributed by atoms with Crippen LogP contribution in [0.25, 0.3) is 0 Å². The molecule has 0 aromatic carbocycles. The Labute approximate surface area is 54.6 Å². The predicted octanol–water partition coefficient (Wildman–Crippen LogP) is 0.213. The summed E-state index contributed by atoms with van der Waals surface area (Å²) in [5.74, 6) is 0. The number of nitrogens with one attached hydrogen (secondary N) is 1. The zero-order valence-electron chi connectivity index (χ0n) is 6.21. The van der Waals surface area contributed by atoms with Crippen LogP contribution >= 0.6 is 0 Å². The minimum atomic E-state index is 1.05. The summed E-state index contributed by atoms with van der Waals surface area (Å²) in [6.07, 6.45) is 0. The van der Waals surface area contributed by atoms with Gasteiger partial charge < -0.3 is 5.32 Å². The van der Waals surface area contributed by atoms with E-state index in [0.29, 0.717) is 0 Å². The molecule has 48 valence electrons. The largest absolute Gasteiger partial charge is 0.389 e. The first-order valence-electron chi connectivity index (χ1n) is 3.06. The molecule has 0 amide bonds. The lowest BCUT2D eigenvalue weighted by Gasteiger charge is -2.03. The van der Waals surface area contributed by atoms with Crippen LogP contribution in [0.2, 0.25) is 0 Å². The van der Waals surface area contributed by atoms with E-state index in [2.05, 4.69) is 26.1 Å². The fraction of sp³-hybridized carbons (Fsp3) is 0.667. The van der Waals surface area contributed by atoms with Crippen molar-refractivity contribution >= 4 is 10.2 Å². The highest BCUT2D eigenvalue weighted by molar-refractivity contribution is 6.21. The van der Waals surface area contributed by atoms with E-state index in [1.54, 1.807) is 0 Å². The molecule has 0 saturated heterocycles. The Kier molecular flexibility index (Phi) is 3.61. The summed E-state index contributed by atoms with van der Waals surface area (Å²) in [5.41, 5.74) is 1.36. The molecule has 0 spiro atoms. The van der Waals surface area contributed by atoms with Gasteiger partial charge in [-0.3, -0.25) is 0 Å². The standard InChI is InChI=1S/C6H15NSi/c1-4-7-5(2)6(3)8/h7H,4H2,1-3,8H3. The summed E-state index contributed by atoms with van der Waals surface area (Å²) >= 11 is 0. The van der Waals surface area contributed by atoms with Crippen molar-refractivity contribution in [2.45, 2.75) is 20.8 Å². The van der Waals surface area contributed by atoms with Gasteiger partial charge in [-0.1, -0.05) is 5.20 Å². The third-order valence-electron chi connectivity index (χ3n) is 1.19. The average Bonchev–Trinajstić information content (AvgIpc) is 1.67. The molecule has 1 nitrogen and oxygen atoms in total. The van der Waals surface area contributed by atoms with Crippen molar-refractivity contribution in [2.24, 2.45) is 0 Å².